The van der Waals surface area contributed by atoms with E-state index in [2.05, 4.69) is 62.5 Å². The Kier molecular flexibility index (Phi) is 42.5. The standard InChI is InChI=1S/C48H87O10P/c1-3-5-7-9-11-13-15-17-19-21-22-24-26-28-30-32-34-36-38-40-48(52)58-46(44-57-59(53,54)56-42-45(50)41-49)43-55-47(51)39-37-35-33-31-29-27-25-23-20-18-16-14-12-10-8-6-4-2/h11-14,17-20,45-46,49-50H,3-10,15-16,21-44H2,1-2H3,(H,53,54)/b13-11+,14-12+,19-17+,20-18+/t45-,46+/m0/s1. The zero-order valence-electron chi connectivity index (χ0n) is 37.5. The van der Waals surface area contributed by atoms with Gasteiger partial charge in [-0.3, -0.25) is 18.6 Å². The fourth-order valence-corrected chi connectivity index (χ4v) is 7.08. The van der Waals surface area contributed by atoms with Crippen LogP contribution in [0.3, 0.4) is 0 Å². The smallest absolute Gasteiger partial charge is 0.462 e. The van der Waals surface area contributed by atoms with Crippen molar-refractivity contribution < 1.29 is 47.8 Å². The lowest BCUT2D eigenvalue weighted by Crippen LogP contribution is -2.29. The Bertz CT molecular complexity index is 1120. The van der Waals surface area contributed by atoms with E-state index >= 15 is 0 Å². The van der Waals surface area contributed by atoms with Crippen LogP contribution in [0.1, 0.15) is 206 Å². The molecule has 0 bridgehead atoms. The van der Waals surface area contributed by atoms with Crippen molar-refractivity contribution in [3.8, 4) is 0 Å². The third-order valence-electron chi connectivity index (χ3n) is 9.96. The van der Waals surface area contributed by atoms with Gasteiger partial charge in [-0.15, -0.1) is 0 Å². The van der Waals surface area contributed by atoms with Crippen LogP contribution in [0.25, 0.3) is 0 Å². The second kappa shape index (κ2) is 44.0. The number of allylic oxidation sites excluding steroid dienone is 8. The molecule has 10 nitrogen and oxygen atoms in total. The molecule has 0 saturated heterocycles. The first kappa shape index (κ1) is 56.9. The van der Waals surface area contributed by atoms with Crippen LogP contribution < -0.4 is 0 Å². The second-order valence-corrected chi connectivity index (χ2v) is 17.2. The summed E-state index contributed by atoms with van der Waals surface area (Å²) < 4.78 is 32.8. The molecular weight excluding hydrogens is 767 g/mol. The molecule has 0 aromatic rings. The Balaban J connectivity index is 4.26. The third-order valence-corrected chi connectivity index (χ3v) is 10.9. The average Bonchev–Trinajstić information content (AvgIpc) is 3.22. The first-order valence-electron chi connectivity index (χ1n) is 23.6. The van der Waals surface area contributed by atoms with Crippen molar-refractivity contribution in [3.63, 3.8) is 0 Å². The van der Waals surface area contributed by atoms with E-state index < -0.39 is 51.8 Å². The van der Waals surface area contributed by atoms with Crippen molar-refractivity contribution in [3.05, 3.63) is 48.6 Å². The monoisotopic (exact) mass is 855 g/mol. The van der Waals surface area contributed by atoms with Crippen LogP contribution in [0.4, 0.5) is 0 Å². The van der Waals surface area contributed by atoms with Crippen LogP contribution in [0.15, 0.2) is 48.6 Å². The molecule has 0 heterocycles. The molecule has 0 saturated carbocycles. The molecule has 0 aliphatic carbocycles. The van der Waals surface area contributed by atoms with Gasteiger partial charge in [0.2, 0.25) is 0 Å². The first-order valence-corrected chi connectivity index (χ1v) is 25.1. The minimum absolute atomic E-state index is 0.177. The van der Waals surface area contributed by atoms with Crippen molar-refractivity contribution in [1.29, 1.82) is 0 Å². The van der Waals surface area contributed by atoms with Gasteiger partial charge < -0.3 is 24.6 Å². The molecule has 1 unspecified atom stereocenters. The molecule has 0 aliphatic rings. The molecule has 0 aromatic heterocycles. The van der Waals surface area contributed by atoms with Crippen LogP contribution in [0.5, 0.6) is 0 Å². The number of aliphatic hydroxyl groups excluding tert-OH is 2. The predicted molar refractivity (Wildman–Crippen MR) is 242 cm³/mol. The van der Waals surface area contributed by atoms with E-state index in [1.807, 2.05) is 0 Å². The molecule has 59 heavy (non-hydrogen) atoms. The van der Waals surface area contributed by atoms with Gasteiger partial charge in [-0.05, 0) is 77.0 Å². The van der Waals surface area contributed by atoms with Gasteiger partial charge in [0.15, 0.2) is 6.10 Å². The highest BCUT2D eigenvalue weighted by Gasteiger charge is 2.27. The zero-order valence-corrected chi connectivity index (χ0v) is 38.4. The second-order valence-electron chi connectivity index (χ2n) is 15.8. The summed E-state index contributed by atoms with van der Waals surface area (Å²) in [5, 5.41) is 18.4. The van der Waals surface area contributed by atoms with E-state index in [4.69, 9.17) is 23.6 Å². The lowest BCUT2D eigenvalue weighted by Gasteiger charge is -2.20. The summed E-state index contributed by atoms with van der Waals surface area (Å²) in [5.41, 5.74) is 0. The third kappa shape index (κ3) is 43.8. The van der Waals surface area contributed by atoms with Crippen LogP contribution in [-0.4, -0.2) is 65.7 Å². The van der Waals surface area contributed by atoms with Gasteiger partial charge in [0.25, 0.3) is 0 Å². The molecule has 0 rings (SSSR count). The van der Waals surface area contributed by atoms with Crippen molar-refractivity contribution in [1.82, 2.24) is 0 Å². The lowest BCUT2D eigenvalue weighted by atomic mass is 10.1. The number of rotatable bonds is 44. The van der Waals surface area contributed by atoms with Crippen molar-refractivity contribution in [2.75, 3.05) is 26.4 Å². The zero-order chi connectivity index (χ0) is 43.3. The number of phosphoric ester groups is 1. The fraction of sp³-hybridized carbons (Fsp3) is 0.792. The molecule has 0 radical (unpaired) electrons. The number of esters is 2. The summed E-state index contributed by atoms with van der Waals surface area (Å²) in [6.45, 7) is 2.33. The van der Waals surface area contributed by atoms with Crippen molar-refractivity contribution in [2.45, 2.75) is 219 Å². The average molecular weight is 855 g/mol. The van der Waals surface area contributed by atoms with Crippen molar-refractivity contribution in [2.24, 2.45) is 0 Å². The topological polar surface area (TPSA) is 149 Å². The van der Waals surface area contributed by atoms with Crippen LogP contribution in [0.2, 0.25) is 0 Å². The minimum atomic E-state index is -4.62. The van der Waals surface area contributed by atoms with Gasteiger partial charge in [-0.25, -0.2) is 4.57 Å². The predicted octanol–water partition coefficient (Wildman–Crippen LogP) is 12.9. The Morgan fingerprint density at radius 1 is 0.508 bits per heavy atom. The molecule has 0 aliphatic heterocycles. The van der Waals surface area contributed by atoms with Crippen LogP contribution >= 0.6 is 7.82 Å². The Labute approximate surface area is 360 Å². The summed E-state index contributed by atoms with van der Waals surface area (Å²) in [6, 6.07) is 0. The molecular formula is C48H87O10P. The summed E-state index contributed by atoms with van der Waals surface area (Å²) >= 11 is 0. The van der Waals surface area contributed by atoms with Crippen molar-refractivity contribution >= 4 is 19.8 Å². The SMILES string of the molecule is CCCCC/C=C/C/C=C/CCCCCCCCCCCC(=O)O[C@H](COC(=O)CCCCCCCCC/C=C/C/C=C/CCCCC)COP(=O)(O)OC[C@@H](O)CO. The normalized spacial score (nSPS) is 14.2. The van der Waals surface area contributed by atoms with E-state index in [-0.39, 0.29) is 19.4 Å². The van der Waals surface area contributed by atoms with Gasteiger partial charge in [-0.1, -0.05) is 165 Å². The lowest BCUT2D eigenvalue weighted by molar-refractivity contribution is -0.161. The Morgan fingerprint density at radius 3 is 1.31 bits per heavy atom. The number of hydrogen-bond donors (Lipinski definition) is 3. The minimum Gasteiger partial charge on any atom is -0.462 e. The number of carbonyl (C=O) groups is 2. The van der Waals surface area contributed by atoms with Gasteiger partial charge >= 0.3 is 19.8 Å². The van der Waals surface area contributed by atoms with E-state index in [1.165, 1.54) is 103 Å². The number of unbranched alkanes of at least 4 members (excludes halogenated alkanes) is 22. The molecule has 0 aromatic carbocycles. The number of ether oxygens (including phenoxy) is 2. The Hall–Kier alpha value is -2.07. The summed E-state index contributed by atoms with van der Waals surface area (Å²) in [5.74, 6) is -0.936. The highest BCUT2D eigenvalue weighted by atomic mass is 31.2. The molecule has 344 valence electrons. The molecule has 3 atom stereocenters. The number of phosphoric acid groups is 1. The first-order chi connectivity index (χ1) is 28.7. The van der Waals surface area contributed by atoms with Gasteiger partial charge in [0, 0.05) is 12.8 Å². The largest absolute Gasteiger partial charge is 0.472 e. The maximum atomic E-state index is 12.6. The van der Waals surface area contributed by atoms with Gasteiger partial charge in [0.05, 0.1) is 19.8 Å². The number of aliphatic hydroxyl groups is 2. The highest BCUT2D eigenvalue weighted by Crippen LogP contribution is 2.43. The van der Waals surface area contributed by atoms with Crippen LogP contribution in [-0.2, 0) is 32.7 Å². The fourth-order valence-electron chi connectivity index (χ4n) is 6.29. The summed E-state index contributed by atoms with van der Waals surface area (Å²) in [4.78, 5) is 35.1. The van der Waals surface area contributed by atoms with E-state index in [1.54, 1.807) is 0 Å². The van der Waals surface area contributed by atoms with E-state index in [9.17, 15) is 24.2 Å². The van der Waals surface area contributed by atoms with E-state index in [0.717, 1.165) is 64.2 Å². The maximum absolute atomic E-state index is 12.6. The molecule has 3 N–H and O–H groups in total. The highest BCUT2D eigenvalue weighted by molar-refractivity contribution is 7.47. The summed E-state index contributed by atoms with van der Waals surface area (Å²) in [7, 11) is -4.62. The molecule has 0 amide bonds. The quantitative estimate of drug-likeness (QED) is 0.0234. The van der Waals surface area contributed by atoms with Gasteiger partial charge in [0.1, 0.15) is 12.7 Å². The molecule has 0 spiro atoms. The maximum Gasteiger partial charge on any atom is 0.472 e. The molecule has 0 fully saturated rings. The van der Waals surface area contributed by atoms with Gasteiger partial charge in [-0.2, -0.15) is 0 Å². The number of hydrogen-bond acceptors (Lipinski definition) is 9. The Morgan fingerprint density at radius 2 is 0.881 bits per heavy atom. The summed E-state index contributed by atoms with van der Waals surface area (Å²) in [6.07, 6.45) is 47.8. The van der Waals surface area contributed by atoms with Crippen LogP contribution in [0, 0.1) is 0 Å². The number of carbonyl (C=O) groups excluding carboxylic acids is 2. The molecule has 11 heteroatoms. The van der Waals surface area contributed by atoms with E-state index in [0.29, 0.717) is 12.8 Å².